The fourth-order valence-electron chi connectivity index (χ4n) is 4.88. The minimum atomic E-state index is 0.127. The normalized spacial score (nSPS) is 19.7. The molecular weight excluding hydrogens is 382 g/mol. The molecule has 0 bridgehead atoms. The van der Waals surface area contributed by atoms with Crippen LogP contribution in [0.25, 0.3) is 0 Å². The van der Waals surface area contributed by atoms with Gasteiger partial charge in [0.2, 0.25) is 0 Å². The van der Waals surface area contributed by atoms with Crippen LogP contribution in [-0.4, -0.2) is 17.6 Å². The molecule has 0 amide bonds. The lowest BCUT2D eigenvalue weighted by Gasteiger charge is -2.30. The highest BCUT2D eigenvalue weighted by Crippen LogP contribution is 2.36. The quantitative estimate of drug-likeness (QED) is 0.449. The van der Waals surface area contributed by atoms with Gasteiger partial charge in [-0.2, -0.15) is 0 Å². The van der Waals surface area contributed by atoms with Crippen LogP contribution in [0.3, 0.4) is 0 Å². The van der Waals surface area contributed by atoms with Crippen molar-refractivity contribution in [2.45, 2.75) is 50.0 Å². The fourth-order valence-corrected chi connectivity index (χ4v) is 4.88. The molecule has 7 N–H and O–H groups in total. The fraction of sp³-hybridized carbons (Fsp3) is 0.346. The van der Waals surface area contributed by atoms with E-state index >= 15 is 0 Å². The Hall–Kier alpha value is -3.05. The number of nitrogens with two attached hydrogens (primary N) is 3. The average Bonchev–Trinajstić information content (AvgIpc) is 2.81. The van der Waals surface area contributed by atoms with Gasteiger partial charge in [0.15, 0.2) is 0 Å². The first-order chi connectivity index (χ1) is 15.1. The lowest BCUT2D eigenvalue weighted by Crippen LogP contribution is -2.34. The number of pyridine rings is 1. The van der Waals surface area contributed by atoms with Crippen LogP contribution in [0.15, 0.2) is 66.7 Å². The number of aromatic nitrogens is 1. The third-order valence-corrected chi connectivity index (χ3v) is 6.58. The summed E-state index contributed by atoms with van der Waals surface area (Å²) in [7, 11) is 0. The Labute approximate surface area is 185 Å². The van der Waals surface area contributed by atoms with Crippen molar-refractivity contribution in [2.75, 3.05) is 23.7 Å². The Morgan fingerprint density at radius 1 is 0.871 bits per heavy atom. The molecule has 0 radical (unpaired) electrons. The molecule has 0 saturated heterocycles. The van der Waals surface area contributed by atoms with Crippen LogP contribution in [0.2, 0.25) is 0 Å². The number of anilines is 3. The van der Waals surface area contributed by atoms with E-state index in [2.05, 4.69) is 64.9 Å². The van der Waals surface area contributed by atoms with E-state index in [1.54, 1.807) is 0 Å². The largest absolute Gasteiger partial charge is 0.396 e. The Kier molecular flexibility index (Phi) is 6.73. The van der Waals surface area contributed by atoms with Crippen molar-refractivity contribution in [1.82, 2.24) is 10.3 Å². The van der Waals surface area contributed by atoms with Crippen LogP contribution in [-0.2, 0) is 0 Å². The summed E-state index contributed by atoms with van der Waals surface area (Å²) in [6, 6.07) is 23.8. The van der Waals surface area contributed by atoms with Gasteiger partial charge in [0.1, 0.15) is 11.6 Å². The molecule has 4 rings (SSSR count). The molecule has 1 unspecified atom stereocenters. The van der Waals surface area contributed by atoms with Crippen LogP contribution >= 0.6 is 0 Å². The zero-order chi connectivity index (χ0) is 21.6. The van der Waals surface area contributed by atoms with Crippen molar-refractivity contribution in [3.8, 4) is 0 Å². The monoisotopic (exact) mass is 415 g/mol. The molecule has 1 atom stereocenters. The Morgan fingerprint density at radius 3 is 2.19 bits per heavy atom. The van der Waals surface area contributed by atoms with Gasteiger partial charge >= 0.3 is 0 Å². The average molecular weight is 416 g/mol. The second-order valence-electron chi connectivity index (χ2n) is 8.60. The summed E-state index contributed by atoms with van der Waals surface area (Å²) in [6.07, 6.45) is 5.85. The van der Waals surface area contributed by atoms with Crippen LogP contribution in [0.4, 0.5) is 17.3 Å². The van der Waals surface area contributed by atoms with Gasteiger partial charge < -0.3 is 22.5 Å². The summed E-state index contributed by atoms with van der Waals surface area (Å²) in [4.78, 5) is 4.11. The van der Waals surface area contributed by atoms with Gasteiger partial charge in [0.25, 0.3) is 0 Å². The molecule has 0 spiro atoms. The molecule has 5 heteroatoms. The number of benzene rings is 2. The van der Waals surface area contributed by atoms with E-state index in [0.29, 0.717) is 29.3 Å². The summed E-state index contributed by atoms with van der Waals surface area (Å²) < 4.78 is 0. The van der Waals surface area contributed by atoms with Gasteiger partial charge in [-0.25, -0.2) is 4.98 Å². The number of rotatable bonds is 7. The van der Waals surface area contributed by atoms with Crippen molar-refractivity contribution < 1.29 is 0 Å². The molecule has 3 aromatic rings. The number of hydrogen-bond acceptors (Lipinski definition) is 5. The molecule has 2 aromatic carbocycles. The molecular formula is C26H33N5. The van der Waals surface area contributed by atoms with Crippen LogP contribution in [0.5, 0.6) is 0 Å². The molecule has 1 aromatic heterocycles. The van der Waals surface area contributed by atoms with E-state index < -0.39 is 0 Å². The first-order valence-electron chi connectivity index (χ1n) is 11.3. The third-order valence-electron chi connectivity index (χ3n) is 6.58. The molecule has 1 fully saturated rings. The van der Waals surface area contributed by atoms with Crippen LogP contribution in [0.1, 0.15) is 60.6 Å². The second-order valence-corrected chi connectivity index (χ2v) is 8.60. The van der Waals surface area contributed by atoms with Crippen molar-refractivity contribution in [3.63, 3.8) is 0 Å². The molecule has 1 aliphatic rings. The predicted molar refractivity (Wildman–Crippen MR) is 130 cm³/mol. The first kappa shape index (κ1) is 21.2. The molecule has 0 aliphatic heterocycles. The summed E-state index contributed by atoms with van der Waals surface area (Å²) in [5.74, 6) is 1.54. The van der Waals surface area contributed by atoms with E-state index in [4.69, 9.17) is 17.2 Å². The minimum Gasteiger partial charge on any atom is -0.396 e. The summed E-state index contributed by atoms with van der Waals surface area (Å²) in [6.45, 7) is 0.918. The number of nitrogens with zero attached hydrogens (tertiary/aromatic N) is 1. The van der Waals surface area contributed by atoms with Crippen LogP contribution < -0.4 is 22.5 Å². The van der Waals surface area contributed by atoms with Gasteiger partial charge in [0, 0.05) is 12.0 Å². The van der Waals surface area contributed by atoms with Gasteiger partial charge in [0.05, 0.1) is 5.69 Å². The van der Waals surface area contributed by atoms with Gasteiger partial charge in [-0.1, -0.05) is 60.7 Å². The lowest BCUT2D eigenvalue weighted by molar-refractivity contribution is 0.340. The molecule has 1 aliphatic carbocycles. The molecule has 1 saturated carbocycles. The maximum atomic E-state index is 6.31. The van der Waals surface area contributed by atoms with E-state index in [1.165, 1.54) is 36.8 Å². The van der Waals surface area contributed by atoms with E-state index in [-0.39, 0.29) is 5.92 Å². The zero-order valence-corrected chi connectivity index (χ0v) is 18.0. The predicted octanol–water partition coefficient (Wildman–Crippen LogP) is 4.67. The standard InChI is InChI=1S/C26H33N5/c27-24-17-23(25(28)26(29)31-24)22(20-9-5-2-6-10-20)15-16-30-21-13-11-19(12-14-21)18-7-3-1-4-8-18/h1-10,17,19,21-22,30H,11-16,28H2,(H4,27,29,31). The topological polar surface area (TPSA) is 103 Å². The highest BCUT2D eigenvalue weighted by atomic mass is 14.9. The molecule has 31 heavy (non-hydrogen) atoms. The maximum Gasteiger partial charge on any atom is 0.149 e. The highest BCUT2D eigenvalue weighted by molar-refractivity contribution is 5.68. The maximum absolute atomic E-state index is 6.31. The van der Waals surface area contributed by atoms with Crippen molar-refractivity contribution in [1.29, 1.82) is 0 Å². The van der Waals surface area contributed by atoms with Crippen LogP contribution in [0, 0.1) is 0 Å². The Morgan fingerprint density at radius 2 is 1.52 bits per heavy atom. The second kappa shape index (κ2) is 9.84. The smallest absolute Gasteiger partial charge is 0.149 e. The lowest BCUT2D eigenvalue weighted by atomic mass is 9.81. The molecule has 162 valence electrons. The highest BCUT2D eigenvalue weighted by Gasteiger charge is 2.23. The number of nitrogen functional groups attached to an aromatic ring is 3. The van der Waals surface area contributed by atoms with Gasteiger partial charge in [-0.15, -0.1) is 0 Å². The van der Waals surface area contributed by atoms with E-state index in [0.717, 1.165) is 18.5 Å². The molecule has 5 nitrogen and oxygen atoms in total. The third kappa shape index (κ3) is 5.17. The molecule has 1 heterocycles. The summed E-state index contributed by atoms with van der Waals surface area (Å²) in [5, 5.41) is 3.79. The van der Waals surface area contributed by atoms with Gasteiger partial charge in [-0.3, -0.25) is 0 Å². The van der Waals surface area contributed by atoms with Crippen molar-refractivity contribution >= 4 is 17.3 Å². The van der Waals surface area contributed by atoms with Crippen molar-refractivity contribution in [2.24, 2.45) is 0 Å². The number of nitrogens with one attached hydrogen (secondary N) is 1. The summed E-state index contributed by atoms with van der Waals surface area (Å²) in [5.41, 5.74) is 22.5. The Balaban J connectivity index is 1.39. The van der Waals surface area contributed by atoms with Crippen molar-refractivity contribution in [3.05, 3.63) is 83.4 Å². The number of hydrogen-bond donors (Lipinski definition) is 4. The Bertz CT molecular complexity index is 966. The summed E-state index contributed by atoms with van der Waals surface area (Å²) >= 11 is 0. The van der Waals surface area contributed by atoms with Gasteiger partial charge in [-0.05, 0) is 67.3 Å². The minimum absolute atomic E-state index is 0.127. The van der Waals surface area contributed by atoms with E-state index in [9.17, 15) is 0 Å². The SMILES string of the molecule is Nc1cc(C(CCNC2CCC(c3ccccc3)CC2)c2ccccc2)c(N)c(N)n1. The first-order valence-corrected chi connectivity index (χ1v) is 11.3. The zero-order valence-electron chi connectivity index (χ0n) is 18.0. The van der Waals surface area contributed by atoms with E-state index in [1.807, 2.05) is 12.1 Å².